The van der Waals surface area contributed by atoms with Crippen LogP contribution >= 0.6 is 11.6 Å². The Balaban J connectivity index is 2.02. The molecule has 4 aromatic carbocycles. The van der Waals surface area contributed by atoms with Gasteiger partial charge in [-0.2, -0.15) is 0 Å². The van der Waals surface area contributed by atoms with Crippen molar-refractivity contribution < 1.29 is 0 Å². The first kappa shape index (κ1) is 28.0. The minimum absolute atomic E-state index is 0.0178. The van der Waals surface area contributed by atoms with Gasteiger partial charge >= 0.3 is 0 Å². The topological polar surface area (TPSA) is 3.24 Å². The summed E-state index contributed by atoms with van der Waals surface area (Å²) in [5.74, 6) is 0. The lowest BCUT2D eigenvalue weighted by atomic mass is 9.80. The third-order valence-electron chi connectivity index (χ3n) is 7.26. The van der Waals surface area contributed by atoms with E-state index in [1.807, 2.05) is 6.07 Å². The van der Waals surface area contributed by atoms with Crippen molar-refractivity contribution in [3.05, 3.63) is 111 Å². The van der Waals surface area contributed by atoms with Gasteiger partial charge in [-0.3, -0.25) is 0 Å². The second-order valence-electron chi connectivity index (χ2n) is 12.9. The molecule has 0 spiro atoms. The van der Waals surface area contributed by atoms with Crippen LogP contribution in [-0.4, -0.2) is 0 Å². The first-order valence-corrected chi connectivity index (χ1v) is 13.9. The van der Waals surface area contributed by atoms with Gasteiger partial charge in [-0.25, -0.2) is 0 Å². The normalized spacial score (nSPS) is 12.1. The molecule has 0 saturated heterocycles. The van der Waals surface area contributed by atoms with E-state index >= 15 is 0 Å². The minimum atomic E-state index is 0.0178. The van der Waals surface area contributed by atoms with Crippen LogP contribution in [0.5, 0.6) is 0 Å². The van der Waals surface area contributed by atoms with Crippen molar-refractivity contribution in [3.63, 3.8) is 0 Å². The maximum atomic E-state index is 6.63. The van der Waals surface area contributed by atoms with Crippen molar-refractivity contribution in [3.8, 4) is 11.1 Å². The largest absolute Gasteiger partial charge is 0.310 e. The van der Waals surface area contributed by atoms with Gasteiger partial charge in [0.15, 0.2) is 0 Å². The highest BCUT2D eigenvalue weighted by Gasteiger charge is 2.24. The Morgan fingerprint density at radius 3 is 1.61 bits per heavy atom. The molecule has 0 atom stereocenters. The highest BCUT2D eigenvalue weighted by Crippen LogP contribution is 2.42. The van der Waals surface area contributed by atoms with Gasteiger partial charge in [0.1, 0.15) is 0 Å². The molecule has 0 amide bonds. The van der Waals surface area contributed by atoms with Crippen molar-refractivity contribution in [1.29, 1.82) is 0 Å². The maximum Gasteiger partial charge on any atom is 0.0479 e. The first-order chi connectivity index (χ1) is 17.6. The standard InChI is InChI=1S/C36H42ClN/c1-23-14-25(3)34(26(4)15-23)27-12-11-13-31(18-27)38(32-17-24(2)16-30(37)22-32)33-20-28(35(5,6)7)19-29(21-33)36(8,9)10/h11-22H,1-10H3. The Labute approximate surface area is 235 Å². The first-order valence-electron chi connectivity index (χ1n) is 13.5. The van der Waals surface area contributed by atoms with Gasteiger partial charge in [0, 0.05) is 22.1 Å². The van der Waals surface area contributed by atoms with Crippen LogP contribution in [-0.2, 0) is 10.8 Å². The monoisotopic (exact) mass is 523 g/mol. The van der Waals surface area contributed by atoms with E-state index in [9.17, 15) is 0 Å². The summed E-state index contributed by atoms with van der Waals surface area (Å²) in [5, 5.41) is 0.745. The fourth-order valence-corrected chi connectivity index (χ4v) is 5.62. The van der Waals surface area contributed by atoms with E-state index in [2.05, 4.69) is 141 Å². The predicted octanol–water partition coefficient (Wildman–Crippen LogP) is 11.3. The van der Waals surface area contributed by atoms with Crippen LogP contribution in [0, 0.1) is 27.7 Å². The molecule has 0 unspecified atom stereocenters. The lowest BCUT2D eigenvalue weighted by Gasteiger charge is -2.31. The van der Waals surface area contributed by atoms with E-state index in [-0.39, 0.29) is 10.8 Å². The summed E-state index contributed by atoms with van der Waals surface area (Å²) in [5.41, 5.74) is 13.6. The van der Waals surface area contributed by atoms with Crippen LogP contribution in [0.25, 0.3) is 11.1 Å². The molecular formula is C36H42ClN. The lowest BCUT2D eigenvalue weighted by Crippen LogP contribution is -2.19. The molecular weight excluding hydrogens is 482 g/mol. The molecule has 0 heterocycles. The van der Waals surface area contributed by atoms with Crippen molar-refractivity contribution >= 4 is 28.7 Å². The van der Waals surface area contributed by atoms with Crippen molar-refractivity contribution in [2.75, 3.05) is 4.90 Å². The number of rotatable bonds is 4. The molecule has 1 nitrogen and oxygen atoms in total. The SMILES string of the molecule is Cc1cc(Cl)cc(N(c2cccc(-c3c(C)cc(C)cc3C)c2)c2cc(C(C)(C)C)cc(C(C)(C)C)c2)c1. The van der Waals surface area contributed by atoms with Crippen LogP contribution < -0.4 is 4.90 Å². The summed E-state index contributed by atoms with van der Waals surface area (Å²) < 4.78 is 0. The number of hydrogen-bond donors (Lipinski definition) is 0. The molecule has 0 aromatic heterocycles. The van der Waals surface area contributed by atoms with Gasteiger partial charge in [-0.15, -0.1) is 0 Å². The van der Waals surface area contributed by atoms with Gasteiger partial charge in [0.05, 0.1) is 0 Å². The van der Waals surface area contributed by atoms with E-state index in [1.165, 1.54) is 38.9 Å². The molecule has 0 aliphatic heterocycles. The van der Waals surface area contributed by atoms with Crippen molar-refractivity contribution in [1.82, 2.24) is 0 Å². The van der Waals surface area contributed by atoms with Crippen molar-refractivity contribution in [2.24, 2.45) is 0 Å². The Morgan fingerprint density at radius 2 is 1.08 bits per heavy atom. The van der Waals surface area contributed by atoms with Crippen LogP contribution in [0.1, 0.15) is 74.9 Å². The Bertz CT molecular complexity index is 1400. The summed E-state index contributed by atoms with van der Waals surface area (Å²) in [6.45, 7) is 22.4. The molecule has 0 fully saturated rings. The zero-order valence-corrected chi connectivity index (χ0v) is 25.5. The number of nitrogens with zero attached hydrogens (tertiary/aromatic N) is 1. The fraction of sp³-hybridized carbons (Fsp3) is 0.333. The Kier molecular flexibility index (Phi) is 7.56. The van der Waals surface area contributed by atoms with E-state index in [0.29, 0.717) is 0 Å². The summed E-state index contributed by atoms with van der Waals surface area (Å²) >= 11 is 6.63. The van der Waals surface area contributed by atoms with E-state index in [1.54, 1.807) is 0 Å². The second kappa shape index (κ2) is 10.3. The Morgan fingerprint density at radius 1 is 0.553 bits per heavy atom. The number of hydrogen-bond acceptors (Lipinski definition) is 1. The molecule has 2 heteroatoms. The van der Waals surface area contributed by atoms with Gasteiger partial charge < -0.3 is 4.90 Å². The highest BCUT2D eigenvalue weighted by atomic mass is 35.5. The number of halogens is 1. The predicted molar refractivity (Wildman–Crippen MR) is 168 cm³/mol. The molecule has 4 rings (SSSR count). The molecule has 0 bridgehead atoms. The maximum absolute atomic E-state index is 6.63. The smallest absolute Gasteiger partial charge is 0.0479 e. The van der Waals surface area contributed by atoms with Gasteiger partial charge in [0.25, 0.3) is 0 Å². The summed E-state index contributed by atoms with van der Waals surface area (Å²) in [6.07, 6.45) is 0. The van der Waals surface area contributed by atoms with Crippen LogP contribution in [0.3, 0.4) is 0 Å². The van der Waals surface area contributed by atoms with Gasteiger partial charge in [-0.05, 0) is 120 Å². The van der Waals surface area contributed by atoms with Crippen LogP contribution in [0.15, 0.2) is 72.8 Å². The number of aryl methyl sites for hydroxylation is 4. The number of benzene rings is 4. The molecule has 0 radical (unpaired) electrons. The third-order valence-corrected chi connectivity index (χ3v) is 7.48. The van der Waals surface area contributed by atoms with E-state index < -0.39 is 0 Å². The Hall–Kier alpha value is -3.03. The molecule has 4 aromatic rings. The van der Waals surface area contributed by atoms with Crippen LogP contribution in [0.2, 0.25) is 5.02 Å². The third kappa shape index (κ3) is 6.00. The van der Waals surface area contributed by atoms with Crippen LogP contribution in [0.4, 0.5) is 17.1 Å². The molecule has 0 aliphatic carbocycles. The zero-order chi connectivity index (χ0) is 28.0. The summed E-state index contributed by atoms with van der Waals surface area (Å²) in [6, 6.07) is 26.9. The molecule has 38 heavy (non-hydrogen) atoms. The molecule has 0 saturated carbocycles. The molecule has 0 N–H and O–H groups in total. The number of anilines is 3. The molecule has 198 valence electrons. The fourth-order valence-electron chi connectivity index (χ4n) is 5.34. The molecule has 0 aliphatic rings. The lowest BCUT2D eigenvalue weighted by molar-refractivity contribution is 0.569. The average Bonchev–Trinajstić information content (AvgIpc) is 2.77. The van der Waals surface area contributed by atoms with E-state index in [0.717, 1.165) is 27.6 Å². The zero-order valence-electron chi connectivity index (χ0n) is 24.8. The average molecular weight is 524 g/mol. The van der Waals surface area contributed by atoms with Crippen molar-refractivity contribution in [2.45, 2.75) is 80.1 Å². The van der Waals surface area contributed by atoms with Gasteiger partial charge in [0.2, 0.25) is 0 Å². The van der Waals surface area contributed by atoms with Gasteiger partial charge in [-0.1, -0.05) is 89.0 Å². The highest BCUT2D eigenvalue weighted by molar-refractivity contribution is 6.31. The summed E-state index contributed by atoms with van der Waals surface area (Å²) in [4.78, 5) is 2.37. The quantitative estimate of drug-likeness (QED) is 0.257. The summed E-state index contributed by atoms with van der Waals surface area (Å²) in [7, 11) is 0. The van der Waals surface area contributed by atoms with E-state index in [4.69, 9.17) is 11.6 Å². The second-order valence-corrected chi connectivity index (χ2v) is 13.4. The minimum Gasteiger partial charge on any atom is -0.310 e.